The van der Waals surface area contributed by atoms with Crippen molar-refractivity contribution in [2.75, 3.05) is 0 Å². The average Bonchev–Trinajstić information content (AvgIpc) is 2.62. The van der Waals surface area contributed by atoms with Crippen LogP contribution in [-0.4, -0.2) is 0 Å². The van der Waals surface area contributed by atoms with Gasteiger partial charge in [-0.25, -0.2) is 0 Å². The van der Waals surface area contributed by atoms with Crippen molar-refractivity contribution in [1.82, 2.24) is 0 Å². The topological polar surface area (TPSA) is 13.1 Å². The molecule has 1 aliphatic rings. The summed E-state index contributed by atoms with van der Waals surface area (Å²) in [4.78, 5) is 0. The Morgan fingerprint density at radius 3 is 2.54 bits per heavy atom. The molecule has 2 rings (SSSR count). The fourth-order valence-electron chi connectivity index (χ4n) is 2.41. The van der Waals surface area contributed by atoms with Gasteiger partial charge in [-0.2, -0.15) is 0 Å². The average molecular weight is 178 g/mol. The highest BCUT2D eigenvalue weighted by atomic mass is 16.3. The minimum Gasteiger partial charge on any atom is -0.466 e. The van der Waals surface area contributed by atoms with Crippen molar-refractivity contribution < 1.29 is 4.42 Å². The third-order valence-electron chi connectivity index (χ3n) is 3.21. The van der Waals surface area contributed by atoms with Crippen LogP contribution >= 0.6 is 0 Å². The predicted octanol–water partition coefficient (Wildman–Crippen LogP) is 3.71. The first-order valence-electron chi connectivity index (χ1n) is 5.23. The van der Waals surface area contributed by atoms with Crippen molar-refractivity contribution in [1.29, 1.82) is 0 Å². The molecule has 1 nitrogen and oxygen atoms in total. The van der Waals surface area contributed by atoms with Crippen molar-refractivity contribution in [2.24, 2.45) is 5.41 Å². The largest absolute Gasteiger partial charge is 0.466 e. The molecule has 1 heterocycles. The van der Waals surface area contributed by atoms with Gasteiger partial charge in [0.2, 0.25) is 0 Å². The summed E-state index contributed by atoms with van der Waals surface area (Å²) < 4.78 is 5.61. The van der Waals surface area contributed by atoms with Crippen LogP contribution in [0.25, 0.3) is 0 Å². The van der Waals surface area contributed by atoms with E-state index in [0.29, 0.717) is 5.41 Å². The van der Waals surface area contributed by atoms with E-state index in [1.54, 1.807) is 0 Å². The Morgan fingerprint density at radius 1 is 1.31 bits per heavy atom. The molecule has 0 saturated heterocycles. The molecular weight excluding hydrogens is 160 g/mol. The van der Waals surface area contributed by atoms with Gasteiger partial charge in [0.05, 0.1) is 0 Å². The maximum atomic E-state index is 5.61. The number of hydrogen-bond acceptors (Lipinski definition) is 1. The van der Waals surface area contributed by atoms with Crippen LogP contribution < -0.4 is 0 Å². The van der Waals surface area contributed by atoms with E-state index in [9.17, 15) is 0 Å². The van der Waals surface area contributed by atoms with Gasteiger partial charge in [0.15, 0.2) is 0 Å². The molecule has 0 aromatic carbocycles. The second-order valence-corrected chi connectivity index (χ2v) is 4.71. The standard InChI is InChI=1S/C12H18O/c1-10-5-6-11(13-10)9-12(2)7-3-4-8-12/h5-6H,3-4,7-9H2,1-2H3. The first-order chi connectivity index (χ1) is 6.18. The minimum absolute atomic E-state index is 0.518. The van der Waals surface area contributed by atoms with E-state index in [1.807, 2.05) is 6.92 Å². The number of rotatable bonds is 2. The monoisotopic (exact) mass is 178 g/mol. The van der Waals surface area contributed by atoms with Crippen LogP contribution in [0.4, 0.5) is 0 Å². The van der Waals surface area contributed by atoms with Crippen molar-refractivity contribution in [3.8, 4) is 0 Å². The second kappa shape index (κ2) is 3.21. The molecule has 1 aromatic heterocycles. The van der Waals surface area contributed by atoms with Crippen LogP contribution in [-0.2, 0) is 6.42 Å². The van der Waals surface area contributed by atoms with Crippen LogP contribution in [0.5, 0.6) is 0 Å². The lowest BCUT2D eigenvalue weighted by Crippen LogP contribution is -2.13. The molecule has 13 heavy (non-hydrogen) atoms. The number of aryl methyl sites for hydroxylation is 1. The second-order valence-electron chi connectivity index (χ2n) is 4.71. The summed E-state index contributed by atoms with van der Waals surface area (Å²) in [6, 6.07) is 4.19. The summed E-state index contributed by atoms with van der Waals surface area (Å²) in [6.45, 7) is 4.40. The highest BCUT2D eigenvalue weighted by molar-refractivity contribution is 5.08. The highest BCUT2D eigenvalue weighted by Gasteiger charge is 2.29. The lowest BCUT2D eigenvalue weighted by Gasteiger charge is -2.21. The quantitative estimate of drug-likeness (QED) is 0.672. The first kappa shape index (κ1) is 8.86. The molecule has 1 saturated carbocycles. The summed E-state index contributed by atoms with van der Waals surface area (Å²) in [5.41, 5.74) is 0.518. The fourth-order valence-corrected chi connectivity index (χ4v) is 2.41. The lowest BCUT2D eigenvalue weighted by atomic mass is 9.84. The van der Waals surface area contributed by atoms with Gasteiger partial charge in [-0.3, -0.25) is 0 Å². The summed E-state index contributed by atoms with van der Waals surface area (Å²) >= 11 is 0. The Hall–Kier alpha value is -0.720. The zero-order valence-corrected chi connectivity index (χ0v) is 8.60. The lowest BCUT2D eigenvalue weighted by molar-refractivity contribution is 0.302. The predicted molar refractivity (Wildman–Crippen MR) is 53.7 cm³/mol. The highest BCUT2D eigenvalue weighted by Crippen LogP contribution is 2.40. The van der Waals surface area contributed by atoms with Gasteiger partial charge >= 0.3 is 0 Å². The van der Waals surface area contributed by atoms with Crippen molar-refractivity contribution in [3.63, 3.8) is 0 Å². The molecule has 0 spiro atoms. The third-order valence-corrected chi connectivity index (χ3v) is 3.21. The maximum Gasteiger partial charge on any atom is 0.104 e. The van der Waals surface area contributed by atoms with Crippen LogP contribution in [0.1, 0.15) is 44.1 Å². The van der Waals surface area contributed by atoms with E-state index in [4.69, 9.17) is 4.42 Å². The van der Waals surface area contributed by atoms with Crippen molar-refractivity contribution >= 4 is 0 Å². The van der Waals surface area contributed by atoms with E-state index >= 15 is 0 Å². The third kappa shape index (κ3) is 1.96. The molecule has 1 aliphatic carbocycles. The normalized spacial score (nSPS) is 20.8. The molecule has 0 aliphatic heterocycles. The molecule has 1 heteroatoms. The first-order valence-corrected chi connectivity index (χ1v) is 5.23. The minimum atomic E-state index is 0.518. The van der Waals surface area contributed by atoms with Gasteiger partial charge in [0, 0.05) is 6.42 Å². The Labute approximate surface area is 80.1 Å². The van der Waals surface area contributed by atoms with Crippen LogP contribution in [0.15, 0.2) is 16.5 Å². The molecule has 0 bridgehead atoms. The Kier molecular flexibility index (Phi) is 2.19. The number of furan rings is 1. The van der Waals surface area contributed by atoms with Crippen molar-refractivity contribution in [2.45, 2.75) is 46.0 Å². The molecule has 72 valence electrons. The smallest absolute Gasteiger partial charge is 0.104 e. The molecule has 0 unspecified atom stereocenters. The van der Waals surface area contributed by atoms with E-state index in [2.05, 4.69) is 19.1 Å². The van der Waals surface area contributed by atoms with Gasteiger partial charge < -0.3 is 4.42 Å². The van der Waals surface area contributed by atoms with Crippen LogP contribution in [0.3, 0.4) is 0 Å². The Balaban J connectivity index is 2.04. The van der Waals surface area contributed by atoms with E-state index in [1.165, 1.54) is 31.4 Å². The van der Waals surface area contributed by atoms with Gasteiger partial charge in [-0.15, -0.1) is 0 Å². The van der Waals surface area contributed by atoms with E-state index < -0.39 is 0 Å². The Bertz CT molecular complexity index is 279. The summed E-state index contributed by atoms with van der Waals surface area (Å²) in [6.07, 6.45) is 6.66. The van der Waals surface area contributed by atoms with Gasteiger partial charge in [0.25, 0.3) is 0 Å². The van der Waals surface area contributed by atoms with Crippen LogP contribution in [0.2, 0.25) is 0 Å². The van der Waals surface area contributed by atoms with E-state index in [-0.39, 0.29) is 0 Å². The summed E-state index contributed by atoms with van der Waals surface area (Å²) in [7, 11) is 0. The maximum absolute atomic E-state index is 5.61. The molecule has 0 radical (unpaired) electrons. The molecule has 0 N–H and O–H groups in total. The van der Waals surface area contributed by atoms with Gasteiger partial charge in [0.1, 0.15) is 11.5 Å². The van der Waals surface area contributed by atoms with Crippen molar-refractivity contribution in [3.05, 3.63) is 23.7 Å². The fraction of sp³-hybridized carbons (Fsp3) is 0.667. The molecular formula is C12H18O. The molecule has 1 fully saturated rings. The molecule has 0 amide bonds. The zero-order chi connectivity index (χ0) is 9.31. The summed E-state index contributed by atoms with van der Waals surface area (Å²) in [5, 5.41) is 0. The summed E-state index contributed by atoms with van der Waals surface area (Å²) in [5.74, 6) is 2.21. The zero-order valence-electron chi connectivity index (χ0n) is 8.60. The van der Waals surface area contributed by atoms with Gasteiger partial charge in [-0.1, -0.05) is 19.8 Å². The molecule has 1 aromatic rings. The Morgan fingerprint density at radius 2 is 2.00 bits per heavy atom. The van der Waals surface area contributed by atoms with E-state index in [0.717, 1.165) is 12.2 Å². The molecule has 0 atom stereocenters. The number of hydrogen-bond donors (Lipinski definition) is 0. The van der Waals surface area contributed by atoms with Gasteiger partial charge in [-0.05, 0) is 37.3 Å². The SMILES string of the molecule is Cc1ccc(CC2(C)CCCC2)o1. The van der Waals surface area contributed by atoms with Crippen LogP contribution in [0, 0.1) is 12.3 Å².